The van der Waals surface area contributed by atoms with Crippen molar-refractivity contribution in [1.29, 1.82) is 0 Å². The van der Waals surface area contributed by atoms with Crippen molar-refractivity contribution in [1.82, 2.24) is 14.5 Å². The van der Waals surface area contributed by atoms with E-state index in [1.54, 1.807) is 0 Å². The smallest absolute Gasteiger partial charge is 0.246 e. The minimum atomic E-state index is -4.05. The molecule has 1 saturated heterocycles. The second kappa shape index (κ2) is 6.84. The van der Waals surface area contributed by atoms with Crippen LogP contribution < -0.4 is 5.32 Å². The lowest BCUT2D eigenvalue weighted by Gasteiger charge is -2.35. The van der Waals surface area contributed by atoms with E-state index in [4.69, 9.17) is 12.2 Å². The van der Waals surface area contributed by atoms with Crippen molar-refractivity contribution < 1.29 is 17.2 Å². The third-order valence-corrected chi connectivity index (χ3v) is 5.68. The average molecular weight is 349 g/mol. The van der Waals surface area contributed by atoms with Crippen LogP contribution in [0.25, 0.3) is 0 Å². The van der Waals surface area contributed by atoms with Crippen molar-refractivity contribution in [2.24, 2.45) is 0 Å². The fourth-order valence-corrected chi connectivity index (χ4v) is 4.03. The molecule has 9 heteroatoms. The topological polar surface area (TPSA) is 52.6 Å². The van der Waals surface area contributed by atoms with Crippen LogP contribution in [0, 0.1) is 11.6 Å². The molecule has 22 heavy (non-hydrogen) atoms. The van der Waals surface area contributed by atoms with Crippen molar-refractivity contribution in [2.75, 3.05) is 32.7 Å². The third kappa shape index (κ3) is 3.53. The van der Waals surface area contributed by atoms with Crippen molar-refractivity contribution in [3.05, 3.63) is 29.8 Å². The first kappa shape index (κ1) is 17.0. The van der Waals surface area contributed by atoms with Gasteiger partial charge in [0, 0.05) is 32.7 Å². The van der Waals surface area contributed by atoms with Gasteiger partial charge < -0.3 is 10.2 Å². The van der Waals surface area contributed by atoms with Crippen molar-refractivity contribution in [3.63, 3.8) is 0 Å². The summed E-state index contributed by atoms with van der Waals surface area (Å²) in [6.45, 7) is 3.75. The second-order valence-corrected chi connectivity index (χ2v) is 7.09. The first-order chi connectivity index (χ1) is 10.4. The van der Waals surface area contributed by atoms with Gasteiger partial charge in [-0.3, -0.25) is 0 Å². The molecule has 1 heterocycles. The molecule has 122 valence electrons. The number of halogens is 2. The van der Waals surface area contributed by atoms with E-state index in [2.05, 4.69) is 5.32 Å². The number of rotatable bonds is 3. The summed E-state index contributed by atoms with van der Waals surface area (Å²) >= 11 is 5.17. The molecule has 0 saturated carbocycles. The van der Waals surface area contributed by atoms with Crippen LogP contribution in [0.2, 0.25) is 0 Å². The van der Waals surface area contributed by atoms with Crippen LogP contribution in [0.4, 0.5) is 8.78 Å². The molecule has 1 N–H and O–H groups in total. The molecule has 0 aromatic heterocycles. The number of hydrogen-bond acceptors (Lipinski definition) is 3. The molecule has 0 amide bonds. The summed E-state index contributed by atoms with van der Waals surface area (Å²) in [4.78, 5) is 1.22. The highest BCUT2D eigenvalue weighted by atomic mass is 32.2. The fourth-order valence-electron chi connectivity index (χ4n) is 2.21. The van der Waals surface area contributed by atoms with Crippen molar-refractivity contribution >= 4 is 27.4 Å². The molecule has 0 bridgehead atoms. The van der Waals surface area contributed by atoms with Gasteiger partial charge in [0.25, 0.3) is 0 Å². The highest BCUT2D eigenvalue weighted by Gasteiger charge is 2.31. The zero-order chi connectivity index (χ0) is 16.3. The van der Waals surface area contributed by atoms with E-state index in [1.807, 2.05) is 11.8 Å². The Morgan fingerprint density at radius 3 is 2.50 bits per heavy atom. The van der Waals surface area contributed by atoms with Gasteiger partial charge in [-0.1, -0.05) is 0 Å². The molecule has 0 aliphatic carbocycles. The normalized spacial score (nSPS) is 16.6. The molecule has 1 aliphatic heterocycles. The molecule has 2 rings (SSSR count). The SMILES string of the molecule is CCNC(=S)N1CCN(S(=O)(=O)c2cc(F)ccc2F)CC1. The Morgan fingerprint density at radius 2 is 1.91 bits per heavy atom. The summed E-state index contributed by atoms with van der Waals surface area (Å²) < 4.78 is 52.9. The van der Waals surface area contributed by atoms with E-state index in [0.29, 0.717) is 30.8 Å². The molecule has 1 aromatic carbocycles. The summed E-state index contributed by atoms with van der Waals surface area (Å²) in [6.07, 6.45) is 0. The predicted molar refractivity (Wildman–Crippen MR) is 83.0 cm³/mol. The van der Waals surface area contributed by atoms with Crippen LogP contribution in [0.5, 0.6) is 0 Å². The second-order valence-electron chi connectivity index (χ2n) is 4.80. The molecule has 1 aromatic rings. The Bertz CT molecular complexity index is 659. The lowest BCUT2D eigenvalue weighted by atomic mass is 10.3. The van der Waals surface area contributed by atoms with Crippen LogP contribution in [0.15, 0.2) is 23.1 Å². The molecule has 1 aliphatic rings. The molecule has 0 unspecified atom stereocenters. The minimum Gasteiger partial charge on any atom is -0.363 e. The Hall–Kier alpha value is -1.32. The predicted octanol–water partition coefficient (Wildman–Crippen LogP) is 1.17. The van der Waals surface area contributed by atoms with Gasteiger partial charge in [0.1, 0.15) is 16.5 Å². The minimum absolute atomic E-state index is 0.170. The molecular formula is C13H17F2N3O2S2. The Kier molecular flexibility index (Phi) is 5.30. The van der Waals surface area contributed by atoms with E-state index >= 15 is 0 Å². The van der Waals surface area contributed by atoms with Gasteiger partial charge in [-0.2, -0.15) is 4.31 Å². The molecule has 5 nitrogen and oxygen atoms in total. The number of nitrogens with zero attached hydrogens (tertiary/aromatic N) is 2. The van der Waals surface area contributed by atoms with Crippen LogP contribution in [-0.4, -0.2) is 55.5 Å². The zero-order valence-corrected chi connectivity index (χ0v) is 13.7. The first-order valence-corrected chi connectivity index (χ1v) is 8.69. The standard InChI is InChI=1S/C13H17F2N3O2S2/c1-2-16-13(21)17-5-7-18(8-6-17)22(19,20)12-9-10(14)3-4-11(12)15/h3-4,9H,2,5-8H2,1H3,(H,16,21). The van der Waals surface area contributed by atoms with Crippen molar-refractivity contribution in [2.45, 2.75) is 11.8 Å². The maximum atomic E-state index is 13.7. The maximum Gasteiger partial charge on any atom is 0.246 e. The highest BCUT2D eigenvalue weighted by Crippen LogP contribution is 2.21. The molecule has 0 atom stereocenters. The lowest BCUT2D eigenvalue weighted by molar-refractivity contribution is 0.263. The van der Waals surface area contributed by atoms with Crippen LogP contribution in [-0.2, 0) is 10.0 Å². The number of hydrogen-bond donors (Lipinski definition) is 1. The van der Waals surface area contributed by atoms with Gasteiger partial charge in [-0.15, -0.1) is 0 Å². The Balaban J connectivity index is 2.13. The van der Waals surface area contributed by atoms with E-state index in [0.717, 1.165) is 16.4 Å². The van der Waals surface area contributed by atoms with E-state index in [1.165, 1.54) is 0 Å². The quantitative estimate of drug-likeness (QED) is 0.830. The van der Waals surface area contributed by atoms with Gasteiger partial charge >= 0.3 is 0 Å². The van der Waals surface area contributed by atoms with Crippen molar-refractivity contribution in [3.8, 4) is 0 Å². The molecule has 1 fully saturated rings. The molecular weight excluding hydrogens is 332 g/mol. The van der Waals surface area contributed by atoms with Gasteiger partial charge in [-0.25, -0.2) is 17.2 Å². The van der Waals surface area contributed by atoms with E-state index < -0.39 is 26.6 Å². The molecule has 0 radical (unpaired) electrons. The summed E-state index contributed by atoms with van der Waals surface area (Å²) in [5, 5.41) is 3.56. The van der Waals surface area contributed by atoms with E-state index in [-0.39, 0.29) is 13.1 Å². The Labute approximate surface area is 134 Å². The number of benzene rings is 1. The van der Waals surface area contributed by atoms with Crippen LogP contribution in [0.3, 0.4) is 0 Å². The van der Waals surface area contributed by atoms with Crippen LogP contribution >= 0.6 is 12.2 Å². The first-order valence-electron chi connectivity index (χ1n) is 6.84. The zero-order valence-electron chi connectivity index (χ0n) is 12.1. The third-order valence-electron chi connectivity index (χ3n) is 3.36. The lowest BCUT2D eigenvalue weighted by Crippen LogP contribution is -2.53. The average Bonchev–Trinajstić information content (AvgIpc) is 2.50. The number of nitrogens with one attached hydrogen (secondary N) is 1. The van der Waals surface area contributed by atoms with Crippen LogP contribution in [0.1, 0.15) is 6.92 Å². The van der Waals surface area contributed by atoms with Gasteiger partial charge in [0.2, 0.25) is 10.0 Å². The van der Waals surface area contributed by atoms with E-state index in [9.17, 15) is 17.2 Å². The van der Waals surface area contributed by atoms with Gasteiger partial charge in [0.05, 0.1) is 0 Å². The Morgan fingerprint density at radius 1 is 1.27 bits per heavy atom. The largest absolute Gasteiger partial charge is 0.363 e. The molecule has 0 spiro atoms. The van der Waals surface area contributed by atoms with Gasteiger partial charge in [0.15, 0.2) is 5.11 Å². The number of thiocarbonyl (C=S) groups is 1. The monoisotopic (exact) mass is 349 g/mol. The maximum absolute atomic E-state index is 13.7. The summed E-state index contributed by atoms with van der Waals surface area (Å²) in [7, 11) is -4.05. The summed E-state index contributed by atoms with van der Waals surface area (Å²) in [6, 6.07) is 2.42. The summed E-state index contributed by atoms with van der Waals surface area (Å²) in [5.74, 6) is -1.74. The number of piperazine rings is 1. The van der Waals surface area contributed by atoms with Gasteiger partial charge in [-0.05, 0) is 37.3 Å². The summed E-state index contributed by atoms with van der Waals surface area (Å²) in [5.41, 5.74) is 0. The number of sulfonamides is 1. The highest BCUT2D eigenvalue weighted by molar-refractivity contribution is 7.89. The fraction of sp³-hybridized carbons (Fsp3) is 0.462.